The van der Waals surface area contributed by atoms with E-state index in [0.717, 1.165) is 17.8 Å². The quantitative estimate of drug-likeness (QED) is 0.305. The summed E-state index contributed by atoms with van der Waals surface area (Å²) in [6.07, 6.45) is 1.83. The van der Waals surface area contributed by atoms with Gasteiger partial charge in [-0.3, -0.25) is 10.1 Å². The van der Waals surface area contributed by atoms with Gasteiger partial charge in [-0.2, -0.15) is 5.10 Å². The third kappa shape index (κ3) is 4.07. The molecule has 0 unspecified atom stereocenters. The smallest absolute Gasteiger partial charge is 0.206 e. The van der Waals surface area contributed by atoms with Crippen molar-refractivity contribution in [3.8, 4) is 0 Å². The van der Waals surface area contributed by atoms with Crippen molar-refractivity contribution in [3.63, 3.8) is 0 Å². The number of hydrogen-bond acceptors (Lipinski definition) is 3. The zero-order valence-corrected chi connectivity index (χ0v) is 11.0. The van der Waals surface area contributed by atoms with Crippen LogP contribution in [0.25, 0.3) is 0 Å². The Morgan fingerprint density at radius 3 is 2.76 bits per heavy atom. The predicted octanol–water partition coefficient (Wildman–Crippen LogP) is 0.293. The number of nitrogens with zero attached hydrogens (tertiary/aromatic N) is 3. The Labute approximate surface area is 102 Å². The second-order valence-electron chi connectivity index (χ2n) is 4.46. The Kier molecular flexibility index (Phi) is 4.96. The van der Waals surface area contributed by atoms with Gasteiger partial charge in [-0.25, -0.2) is 10.8 Å². The number of hydrazine groups is 1. The van der Waals surface area contributed by atoms with Crippen molar-refractivity contribution in [1.82, 2.24) is 20.5 Å². The highest BCUT2D eigenvalue weighted by molar-refractivity contribution is 5.79. The molecule has 0 aromatic carbocycles. The monoisotopic (exact) mass is 238 g/mol. The summed E-state index contributed by atoms with van der Waals surface area (Å²) in [6.45, 7) is 7.70. The maximum atomic E-state index is 5.40. The minimum Gasteiger partial charge on any atom is -0.355 e. The zero-order chi connectivity index (χ0) is 12.8. The molecule has 0 bridgehead atoms. The van der Waals surface area contributed by atoms with E-state index in [4.69, 9.17) is 5.84 Å². The lowest BCUT2D eigenvalue weighted by molar-refractivity contribution is 0.615. The third-order valence-electron chi connectivity index (χ3n) is 2.56. The maximum absolute atomic E-state index is 5.40. The molecule has 1 rings (SSSR count). The Morgan fingerprint density at radius 1 is 1.59 bits per heavy atom. The van der Waals surface area contributed by atoms with Gasteiger partial charge in [0, 0.05) is 24.8 Å². The summed E-state index contributed by atoms with van der Waals surface area (Å²) in [5.41, 5.74) is 4.79. The predicted molar refractivity (Wildman–Crippen MR) is 69.2 cm³/mol. The van der Waals surface area contributed by atoms with Crippen LogP contribution >= 0.6 is 0 Å². The molecule has 1 aromatic heterocycles. The van der Waals surface area contributed by atoms with Crippen LogP contribution in [0.5, 0.6) is 0 Å². The second kappa shape index (κ2) is 6.24. The van der Waals surface area contributed by atoms with E-state index in [1.165, 1.54) is 0 Å². The van der Waals surface area contributed by atoms with E-state index in [0.29, 0.717) is 18.4 Å². The molecular formula is C11H22N6. The van der Waals surface area contributed by atoms with Gasteiger partial charge in [-0.1, -0.05) is 13.8 Å². The summed E-state index contributed by atoms with van der Waals surface area (Å²) < 4.78 is 1.84. The molecule has 6 nitrogen and oxygen atoms in total. The van der Waals surface area contributed by atoms with E-state index in [1.807, 2.05) is 24.9 Å². The van der Waals surface area contributed by atoms with Gasteiger partial charge >= 0.3 is 0 Å². The first-order valence-corrected chi connectivity index (χ1v) is 5.77. The van der Waals surface area contributed by atoms with Crippen molar-refractivity contribution in [2.24, 2.45) is 23.8 Å². The van der Waals surface area contributed by atoms with Crippen molar-refractivity contribution < 1.29 is 0 Å². The first-order chi connectivity index (χ1) is 8.04. The summed E-state index contributed by atoms with van der Waals surface area (Å²) in [4.78, 5) is 4.37. The molecule has 1 aromatic rings. The van der Waals surface area contributed by atoms with Crippen LogP contribution in [0, 0.1) is 12.8 Å². The summed E-state index contributed by atoms with van der Waals surface area (Å²) in [5.74, 6) is 6.56. The number of guanidine groups is 1. The molecule has 0 aliphatic heterocycles. The zero-order valence-electron chi connectivity index (χ0n) is 11.0. The summed E-state index contributed by atoms with van der Waals surface area (Å²) >= 11 is 0. The molecular weight excluding hydrogens is 216 g/mol. The van der Waals surface area contributed by atoms with Crippen molar-refractivity contribution in [3.05, 3.63) is 17.5 Å². The number of hydrogen-bond donors (Lipinski definition) is 3. The molecule has 0 radical (unpaired) electrons. The number of nitrogens with two attached hydrogens (primary N) is 1. The van der Waals surface area contributed by atoms with Gasteiger partial charge in [0.05, 0.1) is 12.7 Å². The molecule has 17 heavy (non-hydrogen) atoms. The fraction of sp³-hybridized carbons (Fsp3) is 0.636. The van der Waals surface area contributed by atoms with E-state index in [9.17, 15) is 0 Å². The maximum Gasteiger partial charge on any atom is 0.206 e. The largest absolute Gasteiger partial charge is 0.355 e. The first-order valence-electron chi connectivity index (χ1n) is 5.77. The Hall–Kier alpha value is -1.56. The number of aromatic nitrogens is 2. The van der Waals surface area contributed by atoms with Gasteiger partial charge in [-0.05, 0) is 12.8 Å². The summed E-state index contributed by atoms with van der Waals surface area (Å²) in [6, 6.07) is 0. The average molecular weight is 238 g/mol. The standard InChI is InChI=1S/C11H22N6/c1-8(2)5-13-11(16-12)14-6-10-7-15-17(4)9(10)3/h7-8H,5-6,12H2,1-4H3,(H2,13,14,16). The average Bonchev–Trinajstić information content (AvgIpc) is 2.60. The molecule has 96 valence electrons. The second-order valence-corrected chi connectivity index (χ2v) is 4.46. The van der Waals surface area contributed by atoms with Gasteiger partial charge in [0.25, 0.3) is 0 Å². The van der Waals surface area contributed by atoms with Gasteiger partial charge in [0.1, 0.15) is 0 Å². The Bertz CT molecular complexity index is 379. The van der Waals surface area contributed by atoms with Crippen LogP contribution in [0.1, 0.15) is 25.1 Å². The molecule has 0 amide bonds. The topological polar surface area (TPSA) is 80.3 Å². The third-order valence-corrected chi connectivity index (χ3v) is 2.56. The van der Waals surface area contributed by atoms with Crippen LogP contribution in [-0.2, 0) is 13.6 Å². The summed E-state index contributed by atoms with van der Waals surface area (Å²) in [5, 5.41) is 7.32. The Balaban J connectivity index is 2.58. The fourth-order valence-corrected chi connectivity index (χ4v) is 1.32. The number of rotatable bonds is 4. The van der Waals surface area contributed by atoms with Crippen LogP contribution in [-0.4, -0.2) is 22.3 Å². The SMILES string of the molecule is Cc1c(CN=C(NN)NCC(C)C)cnn1C. The van der Waals surface area contributed by atoms with E-state index in [2.05, 4.69) is 34.7 Å². The number of aliphatic imine (C=N–C) groups is 1. The molecule has 0 fully saturated rings. The molecule has 0 aliphatic carbocycles. The molecule has 0 saturated carbocycles. The first kappa shape index (κ1) is 13.5. The lowest BCUT2D eigenvalue weighted by atomic mass is 10.2. The highest BCUT2D eigenvalue weighted by atomic mass is 15.3. The van der Waals surface area contributed by atoms with Crippen LogP contribution < -0.4 is 16.6 Å². The molecule has 6 heteroatoms. The lowest BCUT2D eigenvalue weighted by Gasteiger charge is -2.10. The van der Waals surface area contributed by atoms with E-state index in [-0.39, 0.29) is 0 Å². The van der Waals surface area contributed by atoms with Crippen molar-refractivity contribution >= 4 is 5.96 Å². The van der Waals surface area contributed by atoms with Crippen molar-refractivity contribution in [2.75, 3.05) is 6.54 Å². The van der Waals surface area contributed by atoms with Gasteiger partial charge < -0.3 is 5.32 Å². The van der Waals surface area contributed by atoms with E-state index in [1.54, 1.807) is 0 Å². The molecule has 4 N–H and O–H groups in total. The molecule has 1 heterocycles. The number of nitrogens with one attached hydrogen (secondary N) is 2. The number of aryl methyl sites for hydroxylation is 1. The van der Waals surface area contributed by atoms with Crippen LogP contribution in [0.15, 0.2) is 11.2 Å². The summed E-state index contributed by atoms with van der Waals surface area (Å²) in [7, 11) is 1.92. The molecule has 0 aliphatic rings. The fourth-order valence-electron chi connectivity index (χ4n) is 1.32. The normalized spacial score (nSPS) is 12.0. The van der Waals surface area contributed by atoms with E-state index >= 15 is 0 Å². The lowest BCUT2D eigenvalue weighted by Crippen LogP contribution is -2.42. The minimum atomic E-state index is 0.550. The highest BCUT2D eigenvalue weighted by Crippen LogP contribution is 2.06. The molecule has 0 saturated heterocycles. The molecule has 0 atom stereocenters. The van der Waals surface area contributed by atoms with Crippen LogP contribution in [0.3, 0.4) is 0 Å². The van der Waals surface area contributed by atoms with Crippen LogP contribution in [0.2, 0.25) is 0 Å². The highest BCUT2D eigenvalue weighted by Gasteiger charge is 2.03. The van der Waals surface area contributed by atoms with Crippen LogP contribution in [0.4, 0.5) is 0 Å². The van der Waals surface area contributed by atoms with Crippen molar-refractivity contribution in [2.45, 2.75) is 27.3 Å². The van der Waals surface area contributed by atoms with Gasteiger partial charge in [0.15, 0.2) is 0 Å². The minimum absolute atomic E-state index is 0.550. The molecule has 0 spiro atoms. The van der Waals surface area contributed by atoms with Gasteiger partial charge in [-0.15, -0.1) is 0 Å². The van der Waals surface area contributed by atoms with Gasteiger partial charge in [0.2, 0.25) is 5.96 Å². The van der Waals surface area contributed by atoms with Crippen molar-refractivity contribution in [1.29, 1.82) is 0 Å². The Morgan fingerprint density at radius 2 is 2.29 bits per heavy atom. The van der Waals surface area contributed by atoms with E-state index < -0.39 is 0 Å².